The van der Waals surface area contributed by atoms with Gasteiger partial charge in [0.15, 0.2) is 11.5 Å². The van der Waals surface area contributed by atoms with E-state index >= 15 is 0 Å². The van der Waals surface area contributed by atoms with Crippen LogP contribution in [-0.4, -0.2) is 68.7 Å². The van der Waals surface area contributed by atoms with E-state index in [1.165, 1.54) is 0 Å². The molecule has 0 saturated carbocycles. The number of benzene rings is 2. The Morgan fingerprint density at radius 1 is 0.953 bits per heavy atom. The highest BCUT2D eigenvalue weighted by Crippen LogP contribution is 2.28. The van der Waals surface area contributed by atoms with Crippen molar-refractivity contribution in [3.05, 3.63) is 90.0 Å². The molecule has 220 valence electrons. The third-order valence-electron chi connectivity index (χ3n) is 7.79. The molecule has 0 spiro atoms. The zero-order valence-electron chi connectivity index (χ0n) is 24.2. The van der Waals surface area contributed by atoms with Crippen LogP contribution in [0, 0.1) is 5.92 Å². The SMILES string of the molecule is CC(C)C(NC(=O)c1ccc(-c2cnc(N3CCOCC3)c3nc(CCc4ccc5ccccc5n4)cn23)cc1)C(=O)O. The van der Waals surface area contributed by atoms with Crippen LogP contribution in [0.4, 0.5) is 5.82 Å². The minimum absolute atomic E-state index is 0.238. The van der Waals surface area contributed by atoms with Gasteiger partial charge < -0.3 is 20.1 Å². The van der Waals surface area contributed by atoms with Crippen molar-refractivity contribution in [3.63, 3.8) is 0 Å². The smallest absolute Gasteiger partial charge is 0.326 e. The van der Waals surface area contributed by atoms with Crippen molar-refractivity contribution in [3.8, 4) is 11.3 Å². The summed E-state index contributed by atoms with van der Waals surface area (Å²) in [6.07, 6.45) is 5.36. The number of carboxylic acids is 1. The summed E-state index contributed by atoms with van der Waals surface area (Å²) >= 11 is 0. The molecule has 1 aliphatic heterocycles. The van der Waals surface area contributed by atoms with Gasteiger partial charge in [0.05, 0.1) is 36.3 Å². The van der Waals surface area contributed by atoms with Crippen LogP contribution in [0.15, 0.2) is 73.1 Å². The van der Waals surface area contributed by atoms with E-state index in [1.807, 2.05) is 36.5 Å². The lowest BCUT2D eigenvalue weighted by molar-refractivity contribution is -0.140. The van der Waals surface area contributed by atoms with E-state index in [2.05, 4.69) is 39.0 Å². The Bertz CT molecular complexity index is 1780. The molecular weight excluding hydrogens is 544 g/mol. The number of imidazole rings is 1. The first kappa shape index (κ1) is 28.3. The number of hydrogen-bond acceptors (Lipinski definition) is 7. The van der Waals surface area contributed by atoms with E-state index in [1.54, 1.807) is 26.0 Å². The number of nitrogens with one attached hydrogen (secondary N) is 1. The fraction of sp³-hybridized carbons (Fsp3) is 0.303. The predicted octanol–water partition coefficient (Wildman–Crippen LogP) is 4.41. The van der Waals surface area contributed by atoms with Crippen LogP contribution in [0.25, 0.3) is 27.8 Å². The van der Waals surface area contributed by atoms with Gasteiger partial charge in [-0.3, -0.25) is 14.2 Å². The van der Waals surface area contributed by atoms with Gasteiger partial charge in [-0.15, -0.1) is 0 Å². The lowest BCUT2D eigenvalue weighted by Gasteiger charge is -2.28. The van der Waals surface area contributed by atoms with Crippen molar-refractivity contribution in [2.45, 2.75) is 32.7 Å². The number of carbonyl (C=O) groups is 2. The molecule has 10 nitrogen and oxygen atoms in total. The number of aryl methyl sites for hydroxylation is 2. The first-order chi connectivity index (χ1) is 20.9. The summed E-state index contributed by atoms with van der Waals surface area (Å²) in [7, 11) is 0. The summed E-state index contributed by atoms with van der Waals surface area (Å²) in [6, 6.07) is 18.4. The third kappa shape index (κ3) is 6.05. The molecule has 1 amide bonds. The molecule has 0 radical (unpaired) electrons. The lowest BCUT2D eigenvalue weighted by atomic mass is 10.0. The second-order valence-corrected chi connectivity index (χ2v) is 11.1. The maximum absolute atomic E-state index is 12.8. The highest BCUT2D eigenvalue weighted by molar-refractivity contribution is 5.97. The van der Waals surface area contributed by atoms with Gasteiger partial charge in [0.2, 0.25) is 0 Å². The molecule has 1 atom stereocenters. The Morgan fingerprint density at radius 2 is 1.70 bits per heavy atom. The predicted molar refractivity (Wildman–Crippen MR) is 164 cm³/mol. The van der Waals surface area contributed by atoms with E-state index in [4.69, 9.17) is 19.7 Å². The molecule has 5 aromatic rings. The number of amides is 1. The fourth-order valence-corrected chi connectivity index (χ4v) is 5.38. The topological polar surface area (TPSA) is 122 Å². The normalized spacial score (nSPS) is 14.3. The fourth-order valence-electron chi connectivity index (χ4n) is 5.38. The average Bonchev–Trinajstić information content (AvgIpc) is 3.46. The van der Waals surface area contributed by atoms with Crippen LogP contribution in [0.5, 0.6) is 0 Å². The Labute approximate surface area is 249 Å². The van der Waals surface area contributed by atoms with Crippen molar-refractivity contribution in [2.24, 2.45) is 5.92 Å². The quantitative estimate of drug-likeness (QED) is 0.264. The van der Waals surface area contributed by atoms with Crippen LogP contribution < -0.4 is 10.2 Å². The van der Waals surface area contributed by atoms with Gasteiger partial charge in [-0.1, -0.05) is 50.2 Å². The minimum atomic E-state index is -1.05. The molecular formula is C33H34N6O4. The summed E-state index contributed by atoms with van der Waals surface area (Å²) in [5, 5.41) is 13.2. The second kappa shape index (κ2) is 12.2. The van der Waals surface area contributed by atoms with Gasteiger partial charge in [-0.25, -0.2) is 14.8 Å². The van der Waals surface area contributed by atoms with Crippen LogP contribution >= 0.6 is 0 Å². The molecule has 1 saturated heterocycles. The average molecular weight is 579 g/mol. The molecule has 1 aliphatic rings. The molecule has 1 unspecified atom stereocenters. The van der Waals surface area contributed by atoms with Crippen LogP contribution in [0.3, 0.4) is 0 Å². The largest absolute Gasteiger partial charge is 0.480 e. The number of morpholine rings is 1. The number of aliphatic carboxylic acids is 1. The molecule has 6 rings (SSSR count). The summed E-state index contributed by atoms with van der Waals surface area (Å²) < 4.78 is 7.63. The summed E-state index contributed by atoms with van der Waals surface area (Å²) in [5.41, 5.74) is 5.79. The maximum Gasteiger partial charge on any atom is 0.326 e. The number of fused-ring (bicyclic) bond motifs is 2. The summed E-state index contributed by atoms with van der Waals surface area (Å²) in [4.78, 5) is 41.2. The first-order valence-electron chi connectivity index (χ1n) is 14.6. The number of carboxylic acid groups (broad SMARTS) is 1. The van der Waals surface area contributed by atoms with Gasteiger partial charge in [0, 0.05) is 41.5 Å². The van der Waals surface area contributed by atoms with Gasteiger partial charge >= 0.3 is 5.97 Å². The second-order valence-electron chi connectivity index (χ2n) is 11.1. The Hall–Kier alpha value is -4.83. The zero-order valence-corrected chi connectivity index (χ0v) is 24.2. The number of carbonyl (C=O) groups excluding carboxylic acids is 1. The number of ether oxygens (including phenoxy) is 1. The number of hydrogen-bond donors (Lipinski definition) is 2. The number of anilines is 1. The molecule has 1 fully saturated rings. The standard InChI is InChI=1S/C33H34N6O4/c1-21(2)29(33(41)42)37-32(40)24-9-7-23(8-10-24)28-19-34-30(38-15-17-43-18-16-38)31-36-26(20-39(28)31)14-13-25-12-11-22-5-3-4-6-27(22)35-25/h3-12,19-21,29H,13-18H2,1-2H3,(H,37,40)(H,41,42). The Balaban J connectivity index is 1.29. The van der Waals surface area contributed by atoms with Crippen molar-refractivity contribution in [1.29, 1.82) is 0 Å². The number of rotatable bonds is 9. The number of nitrogens with zero attached hydrogens (tertiary/aromatic N) is 5. The number of aromatic nitrogens is 4. The highest BCUT2D eigenvalue weighted by atomic mass is 16.5. The van der Waals surface area contributed by atoms with E-state index < -0.39 is 17.9 Å². The van der Waals surface area contributed by atoms with Crippen LogP contribution in [-0.2, 0) is 22.4 Å². The van der Waals surface area contributed by atoms with Crippen molar-refractivity contribution < 1.29 is 19.4 Å². The van der Waals surface area contributed by atoms with Gasteiger partial charge in [0.25, 0.3) is 5.91 Å². The molecule has 10 heteroatoms. The maximum atomic E-state index is 12.8. The number of pyridine rings is 1. The van der Waals surface area contributed by atoms with E-state index in [0.29, 0.717) is 25.2 Å². The highest BCUT2D eigenvalue weighted by Gasteiger charge is 2.24. The molecule has 43 heavy (non-hydrogen) atoms. The van der Waals surface area contributed by atoms with Crippen LogP contribution in [0.1, 0.15) is 35.6 Å². The zero-order chi connectivity index (χ0) is 29.9. The summed E-state index contributed by atoms with van der Waals surface area (Å²) in [6.45, 7) is 6.28. The van der Waals surface area contributed by atoms with E-state index in [-0.39, 0.29) is 5.92 Å². The molecule has 2 N–H and O–H groups in total. The molecule has 3 aromatic heterocycles. The first-order valence-corrected chi connectivity index (χ1v) is 14.6. The van der Waals surface area contributed by atoms with Crippen molar-refractivity contribution >= 4 is 34.2 Å². The van der Waals surface area contributed by atoms with E-state index in [9.17, 15) is 14.7 Å². The Kier molecular flexibility index (Phi) is 8.02. The Morgan fingerprint density at radius 3 is 2.44 bits per heavy atom. The van der Waals surface area contributed by atoms with Gasteiger partial charge in [0.1, 0.15) is 6.04 Å². The molecule has 0 bridgehead atoms. The van der Waals surface area contributed by atoms with Gasteiger partial charge in [-0.05, 0) is 43.0 Å². The monoisotopic (exact) mass is 578 g/mol. The van der Waals surface area contributed by atoms with E-state index in [0.717, 1.165) is 64.5 Å². The lowest BCUT2D eigenvalue weighted by Crippen LogP contribution is -2.44. The molecule has 4 heterocycles. The third-order valence-corrected chi connectivity index (χ3v) is 7.79. The number of para-hydroxylation sites is 1. The summed E-state index contributed by atoms with van der Waals surface area (Å²) in [5.74, 6) is -0.907. The van der Waals surface area contributed by atoms with Crippen molar-refractivity contribution in [2.75, 3.05) is 31.2 Å². The van der Waals surface area contributed by atoms with Crippen molar-refractivity contribution in [1.82, 2.24) is 24.7 Å². The molecule has 2 aromatic carbocycles. The molecule has 0 aliphatic carbocycles. The van der Waals surface area contributed by atoms with Crippen LogP contribution in [0.2, 0.25) is 0 Å². The minimum Gasteiger partial charge on any atom is -0.480 e. The van der Waals surface area contributed by atoms with Gasteiger partial charge in [-0.2, -0.15) is 0 Å².